The summed E-state index contributed by atoms with van der Waals surface area (Å²) >= 11 is 0. The zero-order valence-electron chi connectivity index (χ0n) is 12.3. The van der Waals surface area contributed by atoms with Crippen LogP contribution in [0.3, 0.4) is 0 Å². The van der Waals surface area contributed by atoms with Gasteiger partial charge in [-0.25, -0.2) is 0 Å². The number of hydrogen-bond acceptors (Lipinski definition) is 3. The second kappa shape index (κ2) is 4.67. The van der Waals surface area contributed by atoms with Crippen LogP contribution in [0.2, 0.25) is 0 Å². The summed E-state index contributed by atoms with van der Waals surface area (Å²) in [5, 5.41) is 4.68. The van der Waals surface area contributed by atoms with Crippen LogP contribution in [-0.2, 0) is 12.5 Å². The van der Waals surface area contributed by atoms with Crippen molar-refractivity contribution >= 4 is 0 Å². The highest BCUT2D eigenvalue weighted by Gasteiger charge is 2.36. The molecule has 2 atom stereocenters. The Kier molecular flexibility index (Phi) is 3.52. The van der Waals surface area contributed by atoms with E-state index in [-0.39, 0.29) is 5.41 Å². The number of nitrogens with zero attached hydrogens (tertiary/aromatic N) is 3. The van der Waals surface area contributed by atoms with Gasteiger partial charge < -0.3 is 5.73 Å². The van der Waals surface area contributed by atoms with E-state index in [0.717, 1.165) is 13.1 Å². The molecule has 1 aromatic heterocycles. The van der Waals surface area contributed by atoms with Crippen molar-refractivity contribution in [1.82, 2.24) is 14.7 Å². The third-order valence-corrected chi connectivity index (χ3v) is 3.96. The van der Waals surface area contributed by atoms with Crippen LogP contribution in [0.1, 0.15) is 44.5 Å². The van der Waals surface area contributed by atoms with E-state index in [9.17, 15) is 0 Å². The molecule has 0 aromatic carbocycles. The molecule has 2 rings (SSSR count). The number of likely N-dealkylation sites (tertiary alicyclic amines) is 1. The topological polar surface area (TPSA) is 47.1 Å². The second-order valence-electron chi connectivity index (χ2n) is 6.57. The molecular formula is C14H26N4. The minimum absolute atomic E-state index is 0.0825. The van der Waals surface area contributed by atoms with E-state index in [1.807, 2.05) is 11.7 Å². The van der Waals surface area contributed by atoms with E-state index in [0.29, 0.717) is 12.0 Å². The van der Waals surface area contributed by atoms with Gasteiger partial charge in [-0.05, 0) is 32.5 Å². The molecule has 0 spiro atoms. The SMILES string of the molecule is CN1CCC(CN)C1c1cn(C)nc1C(C)(C)C. The van der Waals surface area contributed by atoms with Gasteiger partial charge in [-0.1, -0.05) is 20.8 Å². The van der Waals surface area contributed by atoms with Gasteiger partial charge in [-0.3, -0.25) is 9.58 Å². The predicted molar refractivity (Wildman–Crippen MR) is 74.4 cm³/mol. The lowest BCUT2D eigenvalue weighted by Crippen LogP contribution is -2.27. The summed E-state index contributed by atoms with van der Waals surface area (Å²) in [6, 6.07) is 0.429. The molecule has 1 aromatic rings. The zero-order chi connectivity index (χ0) is 13.5. The molecule has 4 nitrogen and oxygen atoms in total. The molecule has 18 heavy (non-hydrogen) atoms. The highest BCUT2D eigenvalue weighted by atomic mass is 15.3. The molecule has 2 heterocycles. The lowest BCUT2D eigenvalue weighted by atomic mass is 9.84. The van der Waals surface area contributed by atoms with Gasteiger partial charge in [0.05, 0.1) is 5.69 Å². The van der Waals surface area contributed by atoms with Gasteiger partial charge in [-0.15, -0.1) is 0 Å². The molecule has 1 aliphatic heterocycles. The number of aromatic nitrogens is 2. The average molecular weight is 250 g/mol. The Bertz CT molecular complexity index is 416. The molecule has 4 heteroatoms. The Morgan fingerprint density at radius 2 is 2.06 bits per heavy atom. The van der Waals surface area contributed by atoms with Crippen molar-refractivity contribution in [3.05, 3.63) is 17.5 Å². The maximum Gasteiger partial charge on any atom is 0.0725 e. The van der Waals surface area contributed by atoms with Gasteiger partial charge in [-0.2, -0.15) is 5.10 Å². The monoisotopic (exact) mass is 250 g/mol. The Morgan fingerprint density at radius 1 is 1.39 bits per heavy atom. The van der Waals surface area contributed by atoms with Gasteiger partial charge in [0.15, 0.2) is 0 Å². The van der Waals surface area contributed by atoms with Crippen molar-refractivity contribution in [2.24, 2.45) is 18.7 Å². The molecule has 1 saturated heterocycles. The van der Waals surface area contributed by atoms with Crippen molar-refractivity contribution in [1.29, 1.82) is 0 Å². The van der Waals surface area contributed by atoms with E-state index < -0.39 is 0 Å². The standard InChI is InChI=1S/C14H26N4/c1-14(2,3)13-11(9-18(5)16-13)12-10(8-15)6-7-17(12)4/h9-10,12H,6-8,15H2,1-5H3. The lowest BCUT2D eigenvalue weighted by molar-refractivity contribution is 0.276. The van der Waals surface area contributed by atoms with Crippen LogP contribution in [0.4, 0.5) is 0 Å². The number of hydrogen-bond donors (Lipinski definition) is 1. The van der Waals surface area contributed by atoms with E-state index in [1.165, 1.54) is 17.7 Å². The van der Waals surface area contributed by atoms with E-state index in [2.05, 4.69) is 44.0 Å². The van der Waals surface area contributed by atoms with Gasteiger partial charge in [0.2, 0.25) is 0 Å². The maximum absolute atomic E-state index is 5.94. The summed E-state index contributed by atoms with van der Waals surface area (Å²) in [6.45, 7) is 8.57. The highest BCUT2D eigenvalue weighted by molar-refractivity contribution is 5.29. The van der Waals surface area contributed by atoms with E-state index in [1.54, 1.807) is 0 Å². The smallest absolute Gasteiger partial charge is 0.0725 e. The Hall–Kier alpha value is -0.870. The first-order valence-electron chi connectivity index (χ1n) is 6.79. The molecule has 1 aliphatic rings. The van der Waals surface area contributed by atoms with E-state index >= 15 is 0 Å². The first-order valence-corrected chi connectivity index (χ1v) is 6.79. The van der Waals surface area contributed by atoms with Crippen LogP contribution < -0.4 is 5.73 Å². The molecule has 1 fully saturated rings. The number of nitrogens with two attached hydrogens (primary N) is 1. The van der Waals surface area contributed by atoms with Gasteiger partial charge in [0, 0.05) is 30.3 Å². The van der Waals surface area contributed by atoms with Crippen LogP contribution >= 0.6 is 0 Å². The summed E-state index contributed by atoms with van der Waals surface area (Å²) in [5.74, 6) is 0.556. The molecular weight excluding hydrogens is 224 g/mol. The van der Waals surface area contributed by atoms with Crippen LogP contribution in [0.25, 0.3) is 0 Å². The predicted octanol–water partition coefficient (Wildman–Crippen LogP) is 1.67. The zero-order valence-corrected chi connectivity index (χ0v) is 12.3. The van der Waals surface area contributed by atoms with Crippen molar-refractivity contribution in [2.45, 2.75) is 38.6 Å². The van der Waals surface area contributed by atoms with Crippen molar-refractivity contribution < 1.29 is 0 Å². The molecule has 0 saturated carbocycles. The summed E-state index contributed by atoms with van der Waals surface area (Å²) in [6.07, 6.45) is 3.37. The molecule has 0 radical (unpaired) electrons. The normalized spacial score (nSPS) is 25.9. The summed E-state index contributed by atoms with van der Waals surface area (Å²) in [4.78, 5) is 2.42. The largest absolute Gasteiger partial charge is 0.330 e. The minimum atomic E-state index is 0.0825. The molecule has 0 bridgehead atoms. The van der Waals surface area contributed by atoms with E-state index in [4.69, 9.17) is 5.73 Å². The first-order chi connectivity index (χ1) is 8.34. The van der Waals surface area contributed by atoms with Crippen molar-refractivity contribution in [3.8, 4) is 0 Å². The van der Waals surface area contributed by atoms with Crippen LogP contribution in [0.15, 0.2) is 6.20 Å². The third-order valence-electron chi connectivity index (χ3n) is 3.96. The number of rotatable bonds is 2. The Labute approximate surface area is 110 Å². The van der Waals surface area contributed by atoms with Gasteiger partial charge >= 0.3 is 0 Å². The summed E-state index contributed by atoms with van der Waals surface area (Å²) in [5.41, 5.74) is 8.59. The molecule has 0 amide bonds. The Morgan fingerprint density at radius 3 is 2.61 bits per heavy atom. The molecule has 2 unspecified atom stereocenters. The highest BCUT2D eigenvalue weighted by Crippen LogP contribution is 2.39. The van der Waals surface area contributed by atoms with Gasteiger partial charge in [0.1, 0.15) is 0 Å². The van der Waals surface area contributed by atoms with Crippen molar-refractivity contribution in [2.75, 3.05) is 20.1 Å². The summed E-state index contributed by atoms with van der Waals surface area (Å²) < 4.78 is 1.94. The number of aryl methyl sites for hydroxylation is 1. The third kappa shape index (κ3) is 2.31. The molecule has 102 valence electrons. The lowest BCUT2D eigenvalue weighted by Gasteiger charge is -2.27. The fourth-order valence-corrected chi connectivity index (χ4v) is 3.07. The second-order valence-corrected chi connectivity index (χ2v) is 6.57. The molecule has 2 N–H and O–H groups in total. The van der Waals surface area contributed by atoms with Crippen LogP contribution in [-0.4, -0.2) is 34.8 Å². The fourth-order valence-electron chi connectivity index (χ4n) is 3.07. The molecule has 0 aliphatic carbocycles. The van der Waals surface area contributed by atoms with Crippen LogP contribution in [0, 0.1) is 5.92 Å². The van der Waals surface area contributed by atoms with Crippen molar-refractivity contribution in [3.63, 3.8) is 0 Å². The summed E-state index contributed by atoms with van der Waals surface area (Å²) in [7, 11) is 4.20. The first kappa shape index (κ1) is 13.6. The Balaban J connectivity index is 2.44. The average Bonchev–Trinajstić information content (AvgIpc) is 2.80. The van der Waals surface area contributed by atoms with Gasteiger partial charge in [0.25, 0.3) is 0 Å². The maximum atomic E-state index is 5.94. The minimum Gasteiger partial charge on any atom is -0.330 e. The fraction of sp³-hybridized carbons (Fsp3) is 0.786. The van der Waals surface area contributed by atoms with Crippen LogP contribution in [0.5, 0.6) is 0 Å². The quantitative estimate of drug-likeness (QED) is 0.868.